The van der Waals surface area contributed by atoms with E-state index in [1.54, 1.807) is 0 Å². The smallest absolute Gasteiger partial charge is 0.0576 e. The van der Waals surface area contributed by atoms with Gasteiger partial charge in [-0.25, -0.2) is 0 Å². The summed E-state index contributed by atoms with van der Waals surface area (Å²) >= 11 is 4.12. The number of rotatable bonds is 3. The number of anilines is 2. The molecule has 1 aliphatic heterocycles. The largest absolute Gasteiger partial charge is 0.397 e. The van der Waals surface area contributed by atoms with Gasteiger partial charge in [0.05, 0.1) is 11.4 Å². The van der Waals surface area contributed by atoms with Crippen LogP contribution in [-0.4, -0.2) is 29.1 Å². The number of hydrogen-bond donors (Lipinski definition) is 2. The van der Waals surface area contributed by atoms with Crippen LogP contribution in [0.3, 0.4) is 0 Å². The number of thioether (sulfide) groups is 2. The van der Waals surface area contributed by atoms with Gasteiger partial charge in [-0.15, -0.1) is 0 Å². The Labute approximate surface area is 106 Å². The zero-order valence-corrected chi connectivity index (χ0v) is 11.2. The van der Waals surface area contributed by atoms with E-state index in [0.717, 1.165) is 23.2 Å². The van der Waals surface area contributed by atoms with E-state index in [2.05, 4.69) is 41.8 Å². The Morgan fingerprint density at radius 3 is 3.06 bits per heavy atom. The molecule has 16 heavy (non-hydrogen) atoms. The highest BCUT2D eigenvalue weighted by Gasteiger charge is 2.14. The SMILES string of the molecule is Cc1ccc(N)c(NCC2CSCCS2)c1. The molecule has 1 aliphatic rings. The summed E-state index contributed by atoms with van der Waals surface area (Å²) < 4.78 is 0. The highest BCUT2D eigenvalue weighted by molar-refractivity contribution is 8.06. The summed E-state index contributed by atoms with van der Waals surface area (Å²) in [5, 5.41) is 4.19. The first-order valence-electron chi connectivity index (χ1n) is 5.55. The molecule has 1 aromatic rings. The molecule has 1 fully saturated rings. The van der Waals surface area contributed by atoms with Gasteiger partial charge in [-0.2, -0.15) is 23.5 Å². The van der Waals surface area contributed by atoms with Crippen LogP contribution < -0.4 is 11.1 Å². The van der Waals surface area contributed by atoms with E-state index in [9.17, 15) is 0 Å². The standard InChI is InChI=1S/C12H18N2S2/c1-9-2-3-11(13)12(6-9)14-7-10-8-15-4-5-16-10/h2-3,6,10,14H,4-5,7-8,13H2,1H3. The highest BCUT2D eigenvalue weighted by Crippen LogP contribution is 2.25. The van der Waals surface area contributed by atoms with Crippen LogP contribution in [0.1, 0.15) is 5.56 Å². The first kappa shape index (κ1) is 12.0. The molecule has 0 aliphatic carbocycles. The van der Waals surface area contributed by atoms with Gasteiger partial charge in [0.1, 0.15) is 0 Å². The molecular formula is C12H18N2S2. The van der Waals surface area contributed by atoms with E-state index in [4.69, 9.17) is 5.73 Å². The van der Waals surface area contributed by atoms with Crippen molar-refractivity contribution in [1.82, 2.24) is 0 Å². The lowest BCUT2D eigenvalue weighted by Gasteiger charge is -2.22. The minimum absolute atomic E-state index is 0.721. The van der Waals surface area contributed by atoms with Crippen molar-refractivity contribution in [3.05, 3.63) is 23.8 Å². The van der Waals surface area contributed by atoms with Gasteiger partial charge in [0.15, 0.2) is 0 Å². The first-order valence-corrected chi connectivity index (χ1v) is 7.75. The summed E-state index contributed by atoms with van der Waals surface area (Å²) in [4.78, 5) is 0. The second-order valence-electron chi connectivity index (χ2n) is 4.04. The van der Waals surface area contributed by atoms with Gasteiger partial charge in [-0.3, -0.25) is 0 Å². The quantitative estimate of drug-likeness (QED) is 0.814. The van der Waals surface area contributed by atoms with E-state index in [0.29, 0.717) is 0 Å². The van der Waals surface area contributed by atoms with Gasteiger partial charge in [0.25, 0.3) is 0 Å². The maximum atomic E-state index is 5.93. The molecule has 0 saturated carbocycles. The van der Waals surface area contributed by atoms with E-state index >= 15 is 0 Å². The lowest BCUT2D eigenvalue weighted by molar-refractivity contribution is 1.00. The third kappa shape index (κ3) is 3.25. The van der Waals surface area contributed by atoms with Crippen LogP contribution in [0.25, 0.3) is 0 Å². The fourth-order valence-corrected chi connectivity index (χ4v) is 4.31. The summed E-state index contributed by atoms with van der Waals surface area (Å²) in [6.07, 6.45) is 0. The molecule has 0 spiro atoms. The van der Waals surface area contributed by atoms with Gasteiger partial charge >= 0.3 is 0 Å². The van der Waals surface area contributed by atoms with Crippen LogP contribution in [0.15, 0.2) is 18.2 Å². The molecule has 88 valence electrons. The molecule has 1 unspecified atom stereocenters. The average molecular weight is 254 g/mol. The fraction of sp³-hybridized carbons (Fsp3) is 0.500. The number of nitrogen functional groups attached to an aromatic ring is 1. The average Bonchev–Trinajstić information content (AvgIpc) is 2.32. The van der Waals surface area contributed by atoms with Gasteiger partial charge in [-0.05, 0) is 24.6 Å². The number of nitrogens with one attached hydrogen (secondary N) is 1. The third-order valence-corrected chi connectivity index (χ3v) is 5.46. The van der Waals surface area contributed by atoms with Crippen LogP contribution in [0, 0.1) is 6.92 Å². The molecule has 1 saturated heterocycles. The Bertz CT molecular complexity index is 349. The maximum Gasteiger partial charge on any atom is 0.0576 e. The molecule has 3 N–H and O–H groups in total. The predicted molar refractivity (Wildman–Crippen MR) is 77.7 cm³/mol. The molecule has 0 radical (unpaired) electrons. The van der Waals surface area contributed by atoms with E-state index in [-0.39, 0.29) is 0 Å². The van der Waals surface area contributed by atoms with Crippen molar-refractivity contribution in [2.45, 2.75) is 12.2 Å². The van der Waals surface area contributed by atoms with Crippen LogP contribution in [0.2, 0.25) is 0 Å². The Kier molecular flexibility index (Phi) is 4.29. The Morgan fingerprint density at radius 1 is 1.44 bits per heavy atom. The molecule has 0 amide bonds. The lowest BCUT2D eigenvalue weighted by Crippen LogP contribution is -2.23. The summed E-state index contributed by atoms with van der Waals surface area (Å²) in [6.45, 7) is 3.11. The summed E-state index contributed by atoms with van der Waals surface area (Å²) in [6, 6.07) is 6.14. The molecule has 0 bridgehead atoms. The highest BCUT2D eigenvalue weighted by atomic mass is 32.2. The van der Waals surface area contributed by atoms with Crippen LogP contribution in [-0.2, 0) is 0 Å². The number of aryl methyl sites for hydroxylation is 1. The van der Waals surface area contributed by atoms with Crippen LogP contribution in [0.4, 0.5) is 11.4 Å². The molecule has 1 heterocycles. The van der Waals surface area contributed by atoms with Crippen molar-refractivity contribution >= 4 is 34.9 Å². The normalized spacial score (nSPS) is 20.7. The second kappa shape index (κ2) is 5.73. The first-order chi connectivity index (χ1) is 7.75. The molecule has 4 heteroatoms. The molecule has 1 atom stereocenters. The third-order valence-electron chi connectivity index (χ3n) is 2.61. The minimum Gasteiger partial charge on any atom is -0.397 e. The Morgan fingerprint density at radius 2 is 2.31 bits per heavy atom. The van der Waals surface area contributed by atoms with E-state index < -0.39 is 0 Å². The zero-order chi connectivity index (χ0) is 11.4. The minimum atomic E-state index is 0.721. The van der Waals surface area contributed by atoms with Crippen molar-refractivity contribution < 1.29 is 0 Å². The van der Waals surface area contributed by atoms with E-state index in [1.165, 1.54) is 22.8 Å². The monoisotopic (exact) mass is 254 g/mol. The van der Waals surface area contributed by atoms with Gasteiger partial charge in [0, 0.05) is 29.1 Å². The maximum absolute atomic E-state index is 5.93. The predicted octanol–water partition coefficient (Wildman–Crippen LogP) is 2.84. The second-order valence-corrected chi connectivity index (χ2v) is 6.60. The van der Waals surface area contributed by atoms with Crippen molar-refractivity contribution in [3.63, 3.8) is 0 Å². The van der Waals surface area contributed by atoms with E-state index in [1.807, 2.05) is 12.1 Å². The fourth-order valence-electron chi connectivity index (χ4n) is 1.70. The molecule has 0 aromatic heterocycles. The summed E-state index contributed by atoms with van der Waals surface area (Å²) in [5.74, 6) is 3.83. The molecule has 1 aromatic carbocycles. The Balaban J connectivity index is 1.90. The van der Waals surface area contributed by atoms with Crippen LogP contribution in [0.5, 0.6) is 0 Å². The van der Waals surface area contributed by atoms with Gasteiger partial charge in [-0.1, -0.05) is 6.07 Å². The van der Waals surface area contributed by atoms with Crippen LogP contribution >= 0.6 is 23.5 Å². The van der Waals surface area contributed by atoms with Crippen molar-refractivity contribution in [2.24, 2.45) is 0 Å². The van der Waals surface area contributed by atoms with Crippen molar-refractivity contribution in [2.75, 3.05) is 34.9 Å². The summed E-state index contributed by atoms with van der Waals surface area (Å²) in [5.41, 5.74) is 9.11. The van der Waals surface area contributed by atoms with Crippen molar-refractivity contribution in [3.8, 4) is 0 Å². The molecule has 2 rings (SSSR count). The lowest BCUT2D eigenvalue weighted by atomic mass is 10.2. The molecule has 2 nitrogen and oxygen atoms in total. The van der Waals surface area contributed by atoms with Gasteiger partial charge < -0.3 is 11.1 Å². The van der Waals surface area contributed by atoms with Crippen molar-refractivity contribution in [1.29, 1.82) is 0 Å². The molecular weight excluding hydrogens is 236 g/mol. The topological polar surface area (TPSA) is 38.0 Å². The number of hydrogen-bond acceptors (Lipinski definition) is 4. The Hall–Kier alpha value is -0.480. The summed E-state index contributed by atoms with van der Waals surface area (Å²) in [7, 11) is 0. The number of benzene rings is 1. The number of nitrogens with two attached hydrogens (primary N) is 1. The zero-order valence-electron chi connectivity index (χ0n) is 9.53. The van der Waals surface area contributed by atoms with Gasteiger partial charge in [0.2, 0.25) is 0 Å².